The van der Waals surface area contributed by atoms with Crippen LogP contribution in [0.25, 0.3) is 0 Å². The van der Waals surface area contributed by atoms with Crippen molar-refractivity contribution in [2.75, 3.05) is 53.6 Å². The fraction of sp³-hybridized carbons (Fsp3) is 0.700. The van der Waals surface area contributed by atoms with Gasteiger partial charge in [-0.1, -0.05) is 23.2 Å². The lowest BCUT2D eigenvalue weighted by Gasteiger charge is -2.37. The Labute approximate surface area is 329 Å². The van der Waals surface area contributed by atoms with Crippen LogP contribution in [0.3, 0.4) is 0 Å². The van der Waals surface area contributed by atoms with Gasteiger partial charge in [0.15, 0.2) is 0 Å². The molecular formula is C40H58Cl2F2N6O4. The molecule has 300 valence electrons. The summed E-state index contributed by atoms with van der Waals surface area (Å²) in [6.45, 7) is 4.08. The average Bonchev–Trinajstić information content (AvgIpc) is 3.19. The van der Waals surface area contributed by atoms with Gasteiger partial charge in [-0.3, -0.25) is 19.6 Å². The number of nitrogens with one attached hydrogen (secondary N) is 4. The van der Waals surface area contributed by atoms with Crippen LogP contribution in [-0.2, 0) is 19.1 Å². The molecule has 2 aliphatic carbocycles. The van der Waals surface area contributed by atoms with Crippen molar-refractivity contribution in [2.45, 2.75) is 113 Å². The van der Waals surface area contributed by atoms with Gasteiger partial charge < -0.3 is 30.7 Å². The summed E-state index contributed by atoms with van der Waals surface area (Å²) in [5, 5.41) is 13.5. The molecule has 4 fully saturated rings. The molecule has 0 atom stereocenters. The first-order valence-electron chi connectivity index (χ1n) is 19.8. The van der Waals surface area contributed by atoms with Crippen LogP contribution in [0.4, 0.5) is 8.78 Å². The van der Waals surface area contributed by atoms with Gasteiger partial charge in [0.25, 0.3) is 0 Å². The molecule has 10 nitrogen and oxygen atoms in total. The molecule has 4 heterocycles. The standard InChI is InChI=1S/2C20H29ClFN3O2/c2*1-23-19(26)20(7-10-27-11-8-20)25-9-6-14-2-4-15(5-3-14)18-16(21)12-24-13-17(18)22/h2*12-15,25H,2-11H2,1H3,(H,23,26). The maximum Gasteiger partial charge on any atom is 0.240 e. The molecule has 0 aromatic carbocycles. The van der Waals surface area contributed by atoms with E-state index in [-0.39, 0.29) is 35.3 Å². The lowest BCUT2D eigenvalue weighted by atomic mass is 9.77. The molecule has 2 saturated heterocycles. The van der Waals surface area contributed by atoms with E-state index in [2.05, 4.69) is 31.2 Å². The Morgan fingerprint density at radius 2 is 1.00 bits per heavy atom. The molecule has 2 aromatic heterocycles. The zero-order chi connectivity index (χ0) is 38.6. The van der Waals surface area contributed by atoms with E-state index >= 15 is 0 Å². The molecule has 0 spiro atoms. The van der Waals surface area contributed by atoms with Gasteiger partial charge in [0.05, 0.1) is 22.4 Å². The summed E-state index contributed by atoms with van der Waals surface area (Å²) in [7, 11) is 3.37. The third kappa shape index (κ3) is 10.9. The molecule has 14 heteroatoms. The normalized spacial score (nSPS) is 25.1. The number of hydrogen-bond donors (Lipinski definition) is 4. The lowest BCUT2D eigenvalue weighted by molar-refractivity contribution is -0.131. The predicted octanol–water partition coefficient (Wildman–Crippen LogP) is 6.85. The Morgan fingerprint density at radius 3 is 1.31 bits per heavy atom. The van der Waals surface area contributed by atoms with Gasteiger partial charge in [0.1, 0.15) is 22.7 Å². The Hall–Kier alpha value is -2.48. The van der Waals surface area contributed by atoms with Gasteiger partial charge in [-0.05, 0) is 127 Å². The van der Waals surface area contributed by atoms with Crippen LogP contribution in [0.2, 0.25) is 10.0 Å². The number of likely N-dealkylation sites (N-methyl/N-ethyl adjacent to an activating group) is 2. The number of amides is 2. The highest BCUT2D eigenvalue weighted by molar-refractivity contribution is 6.31. The number of ether oxygens (including phenoxy) is 2. The fourth-order valence-corrected chi connectivity index (χ4v) is 9.62. The third-order valence-corrected chi connectivity index (χ3v) is 12.9. The zero-order valence-corrected chi connectivity index (χ0v) is 33.3. The number of halogens is 4. The third-order valence-electron chi connectivity index (χ3n) is 12.3. The van der Waals surface area contributed by atoms with E-state index in [1.807, 2.05) is 0 Å². The monoisotopic (exact) mass is 794 g/mol. The van der Waals surface area contributed by atoms with Gasteiger partial charge >= 0.3 is 0 Å². The number of hydrogen-bond acceptors (Lipinski definition) is 8. The van der Waals surface area contributed by atoms with Gasteiger partial charge in [0, 0.05) is 64.0 Å². The maximum absolute atomic E-state index is 14.1. The van der Waals surface area contributed by atoms with Crippen molar-refractivity contribution in [1.82, 2.24) is 31.2 Å². The highest BCUT2D eigenvalue weighted by Gasteiger charge is 2.40. The van der Waals surface area contributed by atoms with E-state index in [9.17, 15) is 18.4 Å². The first-order valence-corrected chi connectivity index (χ1v) is 20.5. The molecule has 0 bridgehead atoms. The Bertz CT molecular complexity index is 1360. The van der Waals surface area contributed by atoms with E-state index in [1.54, 1.807) is 14.1 Å². The van der Waals surface area contributed by atoms with Crippen molar-refractivity contribution < 1.29 is 27.8 Å². The van der Waals surface area contributed by atoms with Crippen LogP contribution in [0.5, 0.6) is 0 Å². The van der Waals surface area contributed by atoms with Crippen molar-refractivity contribution in [3.05, 3.63) is 57.6 Å². The second-order valence-electron chi connectivity index (χ2n) is 15.4. The molecular weight excluding hydrogens is 737 g/mol. The zero-order valence-electron chi connectivity index (χ0n) is 31.8. The van der Waals surface area contributed by atoms with Crippen LogP contribution in [-0.4, -0.2) is 86.5 Å². The summed E-state index contributed by atoms with van der Waals surface area (Å²) in [6, 6.07) is 0. The molecule has 54 heavy (non-hydrogen) atoms. The number of rotatable bonds is 12. The highest BCUT2D eigenvalue weighted by Crippen LogP contribution is 2.42. The van der Waals surface area contributed by atoms with Gasteiger partial charge in [-0.2, -0.15) is 0 Å². The number of pyridine rings is 2. The fourth-order valence-electron chi connectivity index (χ4n) is 9.02. The second kappa shape index (κ2) is 20.6. The molecule has 2 aromatic rings. The largest absolute Gasteiger partial charge is 0.381 e. The first kappa shape index (κ1) is 42.7. The molecule has 6 rings (SSSR count). The Morgan fingerprint density at radius 1 is 0.648 bits per heavy atom. The number of aromatic nitrogens is 2. The Balaban J connectivity index is 0.000000208. The summed E-state index contributed by atoms with van der Waals surface area (Å²) in [5.41, 5.74) is 0.253. The SMILES string of the molecule is CNC(=O)C1(NCCC2CCC(c3c(F)cncc3Cl)CC2)CCOCC1.CNC(=O)C1(NCCC2CCC(c3c(F)cncc3Cl)CC2)CCOCC1. The lowest BCUT2D eigenvalue weighted by Crippen LogP contribution is -2.59. The first-order chi connectivity index (χ1) is 26.1. The predicted molar refractivity (Wildman–Crippen MR) is 207 cm³/mol. The van der Waals surface area contributed by atoms with E-state index in [1.165, 1.54) is 24.8 Å². The summed E-state index contributed by atoms with van der Waals surface area (Å²) in [6.07, 6.45) is 18.5. The number of carbonyl (C=O) groups excluding carboxylic acids is 2. The molecule has 2 aliphatic heterocycles. The Kier molecular flexibility index (Phi) is 16.3. The quantitative estimate of drug-likeness (QED) is 0.184. The molecule has 4 N–H and O–H groups in total. The summed E-state index contributed by atoms with van der Waals surface area (Å²) < 4.78 is 39.0. The van der Waals surface area contributed by atoms with Crippen LogP contribution in [0, 0.1) is 23.5 Å². The van der Waals surface area contributed by atoms with Crippen LogP contribution in [0.1, 0.15) is 113 Å². The van der Waals surface area contributed by atoms with Gasteiger partial charge in [-0.15, -0.1) is 0 Å². The molecule has 2 saturated carbocycles. The van der Waals surface area contributed by atoms with Crippen molar-refractivity contribution >= 4 is 35.0 Å². The number of nitrogens with zero attached hydrogens (tertiary/aromatic N) is 2. The van der Waals surface area contributed by atoms with Crippen molar-refractivity contribution in [3.8, 4) is 0 Å². The molecule has 4 aliphatic rings. The van der Waals surface area contributed by atoms with E-state index in [4.69, 9.17) is 32.7 Å². The summed E-state index contributed by atoms with van der Waals surface area (Å²) in [5.74, 6) is 1.07. The van der Waals surface area contributed by atoms with E-state index in [0.717, 1.165) is 77.3 Å². The average molecular weight is 796 g/mol. The topological polar surface area (TPSA) is 126 Å². The van der Waals surface area contributed by atoms with Crippen LogP contribution < -0.4 is 21.3 Å². The van der Waals surface area contributed by atoms with Crippen LogP contribution in [0.15, 0.2) is 24.8 Å². The number of carbonyl (C=O) groups is 2. The van der Waals surface area contributed by atoms with E-state index in [0.29, 0.717) is 85.1 Å². The van der Waals surface area contributed by atoms with Crippen molar-refractivity contribution in [1.29, 1.82) is 0 Å². The van der Waals surface area contributed by atoms with Gasteiger partial charge in [-0.25, -0.2) is 8.78 Å². The highest BCUT2D eigenvalue weighted by atomic mass is 35.5. The van der Waals surface area contributed by atoms with Crippen molar-refractivity contribution in [2.24, 2.45) is 11.8 Å². The summed E-state index contributed by atoms with van der Waals surface area (Å²) in [4.78, 5) is 32.3. The minimum absolute atomic E-state index is 0.0531. The smallest absolute Gasteiger partial charge is 0.240 e. The maximum atomic E-state index is 14.1. The summed E-state index contributed by atoms with van der Waals surface area (Å²) >= 11 is 12.3. The van der Waals surface area contributed by atoms with E-state index < -0.39 is 11.1 Å². The molecule has 0 unspecified atom stereocenters. The minimum atomic E-state index is -0.502. The van der Waals surface area contributed by atoms with Crippen molar-refractivity contribution in [3.63, 3.8) is 0 Å². The molecule has 0 radical (unpaired) electrons. The van der Waals surface area contributed by atoms with Crippen LogP contribution >= 0.6 is 23.2 Å². The molecule has 2 amide bonds. The second-order valence-corrected chi connectivity index (χ2v) is 16.3. The van der Waals surface area contributed by atoms with Gasteiger partial charge in [0.2, 0.25) is 11.8 Å². The minimum Gasteiger partial charge on any atom is -0.381 e.